The molecule has 11 heteroatoms. The molecule has 0 N–H and O–H groups in total. The summed E-state index contributed by atoms with van der Waals surface area (Å²) in [5.41, 5.74) is 0.337. The van der Waals surface area contributed by atoms with E-state index in [1.54, 1.807) is 24.5 Å². The maximum absolute atomic E-state index is 15.4. The van der Waals surface area contributed by atoms with Crippen molar-refractivity contribution in [1.29, 1.82) is 0 Å². The van der Waals surface area contributed by atoms with Crippen molar-refractivity contribution in [3.63, 3.8) is 0 Å². The zero-order valence-corrected chi connectivity index (χ0v) is 19.4. The lowest BCUT2D eigenvalue weighted by atomic mass is 9.85. The fourth-order valence-electron chi connectivity index (χ4n) is 4.66. The monoisotopic (exact) mass is 488 g/mol. The van der Waals surface area contributed by atoms with E-state index >= 15 is 4.39 Å². The second kappa shape index (κ2) is 8.31. The molecule has 4 heterocycles. The number of nitrogens with zero attached hydrogens (tertiary/aromatic N) is 6. The SMILES string of the molecule is COc1nc(-c2nc3n(n2)C(C)(F)CCC3c2ccccc2C(F)(F)F)ccc1N1C=NC(C)C1. The van der Waals surface area contributed by atoms with Gasteiger partial charge in [-0.25, -0.2) is 19.0 Å². The van der Waals surface area contributed by atoms with Crippen LogP contribution in [0.4, 0.5) is 23.2 Å². The number of ether oxygens (including phenoxy) is 1. The van der Waals surface area contributed by atoms with Gasteiger partial charge in [-0.1, -0.05) is 18.2 Å². The van der Waals surface area contributed by atoms with Gasteiger partial charge in [-0.15, -0.1) is 5.10 Å². The van der Waals surface area contributed by atoms with E-state index < -0.39 is 23.5 Å². The Morgan fingerprint density at radius 1 is 1.11 bits per heavy atom. The first kappa shape index (κ1) is 23.3. The maximum atomic E-state index is 15.4. The Bertz CT molecular complexity index is 1290. The Morgan fingerprint density at radius 3 is 2.57 bits per heavy atom. The third-order valence-electron chi connectivity index (χ3n) is 6.41. The molecule has 0 fully saturated rings. The summed E-state index contributed by atoms with van der Waals surface area (Å²) < 4.78 is 63.2. The lowest BCUT2D eigenvalue weighted by molar-refractivity contribution is -0.138. The molecule has 2 aromatic heterocycles. The summed E-state index contributed by atoms with van der Waals surface area (Å²) in [6.45, 7) is 4.02. The van der Waals surface area contributed by atoms with Crippen molar-refractivity contribution in [3.8, 4) is 17.4 Å². The Morgan fingerprint density at radius 2 is 1.89 bits per heavy atom. The van der Waals surface area contributed by atoms with Crippen LogP contribution in [0.15, 0.2) is 41.4 Å². The third-order valence-corrected chi connectivity index (χ3v) is 6.41. The molecule has 2 aliphatic rings. The van der Waals surface area contributed by atoms with Gasteiger partial charge >= 0.3 is 6.18 Å². The van der Waals surface area contributed by atoms with Gasteiger partial charge in [0.25, 0.3) is 0 Å². The summed E-state index contributed by atoms with van der Waals surface area (Å²) in [5.74, 6) is -2.08. The number of rotatable bonds is 4. The van der Waals surface area contributed by atoms with Gasteiger partial charge in [-0.2, -0.15) is 13.2 Å². The number of hydrogen-bond acceptors (Lipinski definition) is 6. The Balaban J connectivity index is 1.58. The number of anilines is 1. The normalized spacial score (nSPS) is 24.0. The van der Waals surface area contributed by atoms with E-state index in [2.05, 4.69) is 20.1 Å². The minimum Gasteiger partial charge on any atom is -0.479 e. The fourth-order valence-corrected chi connectivity index (χ4v) is 4.66. The molecule has 35 heavy (non-hydrogen) atoms. The molecule has 0 radical (unpaired) electrons. The lowest BCUT2D eigenvalue weighted by Crippen LogP contribution is -2.34. The summed E-state index contributed by atoms with van der Waals surface area (Å²) in [7, 11) is 1.49. The van der Waals surface area contributed by atoms with Crippen molar-refractivity contribution in [2.45, 2.75) is 50.6 Å². The number of aromatic nitrogens is 4. The van der Waals surface area contributed by atoms with E-state index in [1.165, 1.54) is 26.2 Å². The van der Waals surface area contributed by atoms with Gasteiger partial charge < -0.3 is 9.64 Å². The van der Waals surface area contributed by atoms with E-state index in [0.717, 1.165) is 10.7 Å². The van der Waals surface area contributed by atoms with Crippen LogP contribution in [-0.2, 0) is 12.0 Å². The lowest BCUT2D eigenvalue weighted by Gasteiger charge is -2.32. The number of benzene rings is 1. The van der Waals surface area contributed by atoms with Gasteiger partial charge in [0.2, 0.25) is 11.7 Å². The number of pyridine rings is 1. The average Bonchev–Trinajstić information content (AvgIpc) is 3.46. The van der Waals surface area contributed by atoms with E-state index in [0.29, 0.717) is 23.8 Å². The van der Waals surface area contributed by atoms with Crippen molar-refractivity contribution in [2.24, 2.45) is 4.99 Å². The van der Waals surface area contributed by atoms with Crippen LogP contribution in [-0.4, -0.2) is 45.8 Å². The minimum atomic E-state index is -4.54. The Labute approximate surface area is 199 Å². The van der Waals surface area contributed by atoms with Crippen molar-refractivity contribution >= 4 is 12.0 Å². The first-order valence-electron chi connectivity index (χ1n) is 11.3. The van der Waals surface area contributed by atoms with Crippen molar-refractivity contribution in [1.82, 2.24) is 19.7 Å². The van der Waals surface area contributed by atoms with E-state index in [1.807, 2.05) is 11.8 Å². The number of fused-ring (bicyclic) bond motifs is 1. The molecule has 0 saturated heterocycles. The van der Waals surface area contributed by atoms with E-state index in [4.69, 9.17) is 4.74 Å². The highest BCUT2D eigenvalue weighted by Gasteiger charge is 2.43. The molecule has 1 aromatic carbocycles. The number of halogens is 4. The Hall–Kier alpha value is -3.50. The third kappa shape index (κ3) is 4.12. The largest absolute Gasteiger partial charge is 0.479 e. The van der Waals surface area contributed by atoms with Crippen molar-refractivity contribution in [3.05, 3.63) is 53.3 Å². The Kier molecular flexibility index (Phi) is 5.52. The summed E-state index contributed by atoms with van der Waals surface area (Å²) in [6.07, 6.45) is -2.65. The standard InChI is InChI=1S/C24H24F4N6O/c1-14-12-33(13-29-14)19-9-8-18(30-22(19)35-3)20-31-21-16(10-11-23(2,25)34(21)32-20)15-6-4-5-7-17(15)24(26,27)28/h4-9,13-14,16H,10-12H2,1-3H3. The quantitative estimate of drug-likeness (QED) is 0.474. The highest BCUT2D eigenvalue weighted by molar-refractivity contribution is 5.84. The number of hydrogen-bond donors (Lipinski definition) is 0. The fraction of sp³-hybridized carbons (Fsp3) is 0.417. The average molecular weight is 488 g/mol. The topological polar surface area (TPSA) is 68.4 Å². The molecule has 0 bridgehead atoms. The zero-order chi connectivity index (χ0) is 25.0. The molecule has 5 rings (SSSR count). The molecule has 0 spiro atoms. The summed E-state index contributed by atoms with van der Waals surface area (Å²) >= 11 is 0. The van der Waals surface area contributed by atoms with Gasteiger partial charge in [0.15, 0.2) is 5.82 Å². The molecule has 0 aliphatic carbocycles. The molecule has 3 unspecified atom stereocenters. The van der Waals surface area contributed by atoms with Crippen molar-refractivity contribution in [2.75, 3.05) is 18.6 Å². The second-order valence-corrected chi connectivity index (χ2v) is 9.01. The molecule has 7 nitrogen and oxygen atoms in total. The van der Waals surface area contributed by atoms with Crippen LogP contribution in [0.3, 0.4) is 0 Å². The predicted octanol–water partition coefficient (Wildman–Crippen LogP) is 5.17. The summed E-state index contributed by atoms with van der Waals surface area (Å²) in [5, 5.41) is 4.35. The van der Waals surface area contributed by atoms with E-state index in [9.17, 15) is 13.2 Å². The summed E-state index contributed by atoms with van der Waals surface area (Å²) in [6, 6.07) is 8.95. The van der Waals surface area contributed by atoms with E-state index in [-0.39, 0.29) is 36.1 Å². The van der Waals surface area contributed by atoms with Gasteiger partial charge in [0.1, 0.15) is 17.2 Å². The number of aliphatic imine (C=N–C) groups is 1. The van der Waals surface area contributed by atoms with Crippen LogP contribution in [0.25, 0.3) is 11.5 Å². The van der Waals surface area contributed by atoms with Gasteiger partial charge in [0, 0.05) is 18.9 Å². The number of alkyl halides is 4. The van der Waals surface area contributed by atoms with Gasteiger partial charge in [-0.3, -0.25) is 4.99 Å². The van der Waals surface area contributed by atoms with Crippen LogP contribution in [0.5, 0.6) is 5.88 Å². The molecule has 0 amide bonds. The van der Waals surface area contributed by atoms with Crippen molar-refractivity contribution < 1.29 is 22.3 Å². The second-order valence-electron chi connectivity index (χ2n) is 9.01. The maximum Gasteiger partial charge on any atom is 0.416 e. The van der Waals surface area contributed by atoms with Crippen LogP contribution < -0.4 is 9.64 Å². The van der Waals surface area contributed by atoms with Crippen LogP contribution in [0.2, 0.25) is 0 Å². The van der Waals surface area contributed by atoms with Gasteiger partial charge in [0.05, 0.1) is 25.1 Å². The summed E-state index contributed by atoms with van der Waals surface area (Å²) in [4.78, 5) is 15.3. The molecule has 3 atom stereocenters. The molecule has 0 saturated carbocycles. The molecule has 2 aliphatic heterocycles. The van der Waals surface area contributed by atoms with Gasteiger partial charge in [-0.05, 0) is 44.0 Å². The van der Waals surface area contributed by atoms with Crippen LogP contribution >= 0.6 is 0 Å². The molecule has 184 valence electrons. The first-order valence-corrected chi connectivity index (χ1v) is 11.3. The predicted molar refractivity (Wildman–Crippen MR) is 122 cm³/mol. The molecular formula is C24H24F4N6O. The zero-order valence-electron chi connectivity index (χ0n) is 19.4. The highest BCUT2D eigenvalue weighted by atomic mass is 19.4. The minimum absolute atomic E-state index is 0.00181. The number of methoxy groups -OCH3 is 1. The highest BCUT2D eigenvalue weighted by Crippen LogP contribution is 2.45. The van der Waals surface area contributed by atoms with Crippen LogP contribution in [0.1, 0.15) is 49.6 Å². The smallest absolute Gasteiger partial charge is 0.416 e. The van der Waals surface area contributed by atoms with Crippen LogP contribution in [0, 0.1) is 0 Å². The molecule has 3 aromatic rings. The molecular weight excluding hydrogens is 464 g/mol. The first-order chi connectivity index (χ1) is 16.6.